The smallest absolute Gasteiger partial charge is 0.329 e. The molecule has 5 nitrogen and oxygen atoms in total. The molecule has 0 aromatic heterocycles. The van der Waals surface area contributed by atoms with Gasteiger partial charge in [-0.2, -0.15) is 0 Å². The van der Waals surface area contributed by atoms with Crippen LogP contribution < -0.4 is 5.32 Å². The van der Waals surface area contributed by atoms with Crippen molar-refractivity contribution >= 4 is 17.7 Å². The van der Waals surface area contributed by atoms with Crippen molar-refractivity contribution in [2.24, 2.45) is 5.92 Å². The fourth-order valence-corrected chi connectivity index (χ4v) is 1.36. The Morgan fingerprint density at radius 2 is 1.88 bits per heavy atom. The van der Waals surface area contributed by atoms with Gasteiger partial charge in [-0.25, -0.2) is 4.79 Å². The lowest BCUT2D eigenvalue weighted by Crippen LogP contribution is -2.56. The van der Waals surface area contributed by atoms with E-state index in [0.717, 1.165) is 0 Å². The minimum absolute atomic E-state index is 0.207. The van der Waals surface area contributed by atoms with Crippen LogP contribution in [0.2, 0.25) is 0 Å². The first-order valence-electron chi connectivity index (χ1n) is 5.27. The molecule has 5 heteroatoms. The van der Waals surface area contributed by atoms with Crippen LogP contribution in [0, 0.1) is 5.92 Å². The zero-order chi connectivity index (χ0) is 12.9. The van der Waals surface area contributed by atoms with Crippen molar-refractivity contribution in [1.82, 2.24) is 5.32 Å². The van der Waals surface area contributed by atoms with Crippen molar-refractivity contribution in [2.45, 2.75) is 46.1 Å². The number of carboxylic acids is 1. The zero-order valence-corrected chi connectivity index (χ0v) is 10.2. The maximum atomic E-state index is 11.4. The third-order valence-corrected chi connectivity index (χ3v) is 2.85. The fourth-order valence-electron chi connectivity index (χ4n) is 1.36. The molecule has 0 radical (unpaired) electrons. The lowest BCUT2D eigenvalue weighted by Gasteiger charge is -2.31. The van der Waals surface area contributed by atoms with Gasteiger partial charge in [0, 0.05) is 0 Å². The minimum atomic E-state index is -1.32. The van der Waals surface area contributed by atoms with Gasteiger partial charge in [0.2, 0.25) is 5.91 Å². The third kappa shape index (κ3) is 3.64. The van der Waals surface area contributed by atoms with Gasteiger partial charge in [-0.1, -0.05) is 20.3 Å². The first kappa shape index (κ1) is 14.6. The van der Waals surface area contributed by atoms with E-state index < -0.39 is 17.4 Å². The summed E-state index contributed by atoms with van der Waals surface area (Å²) in [6, 6.07) is 0. The highest BCUT2D eigenvalue weighted by atomic mass is 16.4. The van der Waals surface area contributed by atoms with Gasteiger partial charge in [0.15, 0.2) is 0 Å². The summed E-state index contributed by atoms with van der Waals surface area (Å²) in [5.74, 6) is -2.12. The summed E-state index contributed by atoms with van der Waals surface area (Å²) in [6.07, 6.45) is 0.350. The minimum Gasteiger partial charge on any atom is -0.480 e. The second-order valence-corrected chi connectivity index (χ2v) is 4.24. The van der Waals surface area contributed by atoms with E-state index in [4.69, 9.17) is 5.11 Å². The van der Waals surface area contributed by atoms with Crippen LogP contribution in [0.5, 0.6) is 0 Å². The second kappa shape index (κ2) is 5.63. The van der Waals surface area contributed by atoms with Crippen molar-refractivity contribution in [3.05, 3.63) is 0 Å². The van der Waals surface area contributed by atoms with Crippen LogP contribution in [0.3, 0.4) is 0 Å². The molecule has 0 rings (SSSR count). The lowest BCUT2D eigenvalue weighted by molar-refractivity contribution is -0.149. The Morgan fingerprint density at radius 1 is 1.38 bits per heavy atom. The summed E-state index contributed by atoms with van der Waals surface area (Å²) in [4.78, 5) is 33.3. The maximum absolute atomic E-state index is 11.4. The number of nitrogens with one attached hydrogen (secondary N) is 1. The molecule has 0 bridgehead atoms. The van der Waals surface area contributed by atoms with E-state index in [2.05, 4.69) is 5.32 Å². The first-order chi connectivity index (χ1) is 7.24. The highest BCUT2D eigenvalue weighted by molar-refractivity contribution is 5.98. The molecular weight excluding hydrogens is 210 g/mol. The van der Waals surface area contributed by atoms with Crippen molar-refractivity contribution in [1.29, 1.82) is 0 Å². The first-order valence-corrected chi connectivity index (χ1v) is 5.27. The molecule has 1 amide bonds. The van der Waals surface area contributed by atoms with Gasteiger partial charge in [-0.3, -0.25) is 9.59 Å². The van der Waals surface area contributed by atoms with Crippen LogP contribution in [-0.4, -0.2) is 28.3 Å². The van der Waals surface area contributed by atoms with Crippen molar-refractivity contribution in [2.75, 3.05) is 0 Å². The van der Waals surface area contributed by atoms with Crippen LogP contribution in [0.1, 0.15) is 40.5 Å². The fraction of sp³-hybridized carbons (Fsp3) is 0.727. The van der Waals surface area contributed by atoms with Gasteiger partial charge in [0.05, 0.1) is 6.42 Å². The van der Waals surface area contributed by atoms with Gasteiger partial charge in [-0.05, 0) is 19.8 Å². The Morgan fingerprint density at radius 3 is 2.19 bits per heavy atom. The van der Waals surface area contributed by atoms with Crippen LogP contribution in [0.25, 0.3) is 0 Å². The molecular formula is C11H19NO4. The summed E-state index contributed by atoms with van der Waals surface area (Å²) in [5, 5.41) is 11.5. The molecule has 0 saturated heterocycles. The Bertz CT molecular complexity index is 300. The van der Waals surface area contributed by atoms with Gasteiger partial charge in [0.1, 0.15) is 11.3 Å². The molecule has 0 aromatic carbocycles. The molecule has 16 heavy (non-hydrogen) atoms. The Kier molecular flexibility index (Phi) is 5.14. The number of rotatable bonds is 6. The quantitative estimate of drug-likeness (QED) is 0.665. The van der Waals surface area contributed by atoms with E-state index >= 15 is 0 Å². The Balaban J connectivity index is 4.75. The van der Waals surface area contributed by atoms with Crippen LogP contribution in [0.4, 0.5) is 0 Å². The standard InChI is InChI=1S/C11H19NO4/c1-5-7(2)11(4,10(15)16)12-9(14)6-8(3)13/h7H,5-6H2,1-4H3,(H,12,14)(H,15,16). The van der Waals surface area contributed by atoms with Crippen molar-refractivity contribution in [3.63, 3.8) is 0 Å². The number of carbonyl (C=O) groups is 3. The number of amides is 1. The normalized spacial score (nSPS) is 16.0. The monoisotopic (exact) mass is 229 g/mol. The molecule has 2 atom stereocenters. The van der Waals surface area contributed by atoms with E-state index in [1.165, 1.54) is 13.8 Å². The van der Waals surface area contributed by atoms with E-state index in [0.29, 0.717) is 6.42 Å². The largest absolute Gasteiger partial charge is 0.480 e. The highest BCUT2D eigenvalue weighted by Crippen LogP contribution is 2.20. The molecule has 92 valence electrons. The summed E-state index contributed by atoms with van der Waals surface area (Å²) < 4.78 is 0. The van der Waals surface area contributed by atoms with Gasteiger partial charge in [-0.15, -0.1) is 0 Å². The molecule has 0 fully saturated rings. The Labute approximate surface area is 95.2 Å². The van der Waals surface area contributed by atoms with Gasteiger partial charge < -0.3 is 10.4 Å². The summed E-state index contributed by atoms with van der Waals surface area (Å²) in [7, 11) is 0. The number of carboxylic acid groups (broad SMARTS) is 1. The number of aliphatic carboxylic acids is 1. The number of ketones is 1. The predicted molar refractivity (Wildman–Crippen MR) is 58.9 cm³/mol. The molecule has 0 aliphatic rings. The average Bonchev–Trinajstić information content (AvgIpc) is 2.14. The number of hydrogen-bond acceptors (Lipinski definition) is 3. The van der Waals surface area contributed by atoms with E-state index in [-0.39, 0.29) is 18.1 Å². The number of Topliss-reactive ketones (excluding diaryl/α,β-unsaturated/α-hetero) is 1. The van der Waals surface area contributed by atoms with E-state index in [1.807, 2.05) is 6.92 Å². The molecule has 0 aromatic rings. The molecule has 0 heterocycles. The zero-order valence-electron chi connectivity index (χ0n) is 10.2. The van der Waals surface area contributed by atoms with Crippen LogP contribution in [0.15, 0.2) is 0 Å². The molecule has 0 aliphatic carbocycles. The topological polar surface area (TPSA) is 83.5 Å². The number of hydrogen-bond donors (Lipinski definition) is 2. The van der Waals surface area contributed by atoms with Gasteiger partial charge >= 0.3 is 5.97 Å². The SMILES string of the molecule is CCC(C)C(C)(NC(=O)CC(C)=O)C(=O)O. The predicted octanol–water partition coefficient (Wildman–Crippen LogP) is 0.971. The van der Waals surface area contributed by atoms with Crippen LogP contribution >= 0.6 is 0 Å². The lowest BCUT2D eigenvalue weighted by atomic mass is 9.85. The van der Waals surface area contributed by atoms with Crippen molar-refractivity contribution < 1.29 is 19.5 Å². The number of carbonyl (C=O) groups excluding carboxylic acids is 2. The molecule has 0 aliphatic heterocycles. The van der Waals surface area contributed by atoms with Gasteiger partial charge in [0.25, 0.3) is 0 Å². The molecule has 2 N–H and O–H groups in total. The maximum Gasteiger partial charge on any atom is 0.329 e. The highest BCUT2D eigenvalue weighted by Gasteiger charge is 2.39. The summed E-state index contributed by atoms with van der Waals surface area (Å²) >= 11 is 0. The molecule has 0 spiro atoms. The Hall–Kier alpha value is -1.39. The average molecular weight is 229 g/mol. The van der Waals surface area contributed by atoms with E-state index in [9.17, 15) is 14.4 Å². The van der Waals surface area contributed by atoms with Crippen LogP contribution in [-0.2, 0) is 14.4 Å². The molecule has 2 unspecified atom stereocenters. The summed E-state index contributed by atoms with van der Waals surface area (Å²) in [5.41, 5.74) is -1.32. The summed E-state index contributed by atoms with van der Waals surface area (Å²) in [6.45, 7) is 6.35. The van der Waals surface area contributed by atoms with Crippen molar-refractivity contribution in [3.8, 4) is 0 Å². The second-order valence-electron chi connectivity index (χ2n) is 4.24. The van der Waals surface area contributed by atoms with E-state index in [1.54, 1.807) is 6.92 Å². The third-order valence-electron chi connectivity index (χ3n) is 2.85. The molecule has 0 saturated carbocycles.